The Hall–Kier alpha value is -0.220. The predicted molar refractivity (Wildman–Crippen MR) is 65.4 cm³/mol. The Morgan fingerprint density at radius 1 is 1.29 bits per heavy atom. The first-order valence-electron chi connectivity index (χ1n) is 6.54. The lowest BCUT2D eigenvalue weighted by Crippen LogP contribution is -2.50. The Balaban J connectivity index is 2.38. The van der Waals surface area contributed by atoms with Gasteiger partial charge in [0.2, 0.25) is 0 Å². The van der Waals surface area contributed by atoms with Gasteiger partial charge in [0, 0.05) is 12.5 Å². The van der Waals surface area contributed by atoms with Crippen molar-refractivity contribution in [3.63, 3.8) is 0 Å². The van der Waals surface area contributed by atoms with Gasteiger partial charge in [-0.15, -0.1) is 0 Å². The van der Waals surface area contributed by atoms with Crippen molar-refractivity contribution < 1.29 is 13.5 Å². The number of alkyl halides is 2. The van der Waals surface area contributed by atoms with E-state index in [1.165, 1.54) is 0 Å². The fraction of sp³-hybridized carbons (Fsp3) is 1.00. The molecule has 1 rings (SSSR count). The van der Waals surface area contributed by atoms with Gasteiger partial charge in [0.25, 0.3) is 5.92 Å². The number of hydrogen-bond donors (Lipinski definition) is 0. The SMILES string of the molecule is CC(C)OCCN1CCC(C(C)C)C(F)(F)C1. The van der Waals surface area contributed by atoms with Crippen molar-refractivity contribution in [3.8, 4) is 0 Å². The zero-order valence-corrected chi connectivity index (χ0v) is 11.4. The van der Waals surface area contributed by atoms with Crippen molar-refractivity contribution in [1.82, 2.24) is 4.90 Å². The maximum Gasteiger partial charge on any atom is 0.263 e. The zero-order chi connectivity index (χ0) is 13.1. The minimum absolute atomic E-state index is 0.0547. The number of rotatable bonds is 5. The molecule has 0 aromatic heterocycles. The van der Waals surface area contributed by atoms with Gasteiger partial charge in [-0.05, 0) is 32.7 Å². The molecule has 1 aliphatic rings. The molecule has 1 aliphatic heterocycles. The molecular weight excluding hydrogens is 224 g/mol. The van der Waals surface area contributed by atoms with Gasteiger partial charge in [0.05, 0.1) is 19.3 Å². The van der Waals surface area contributed by atoms with Crippen molar-refractivity contribution >= 4 is 0 Å². The Morgan fingerprint density at radius 2 is 1.94 bits per heavy atom. The Bertz CT molecular complexity index is 229. The summed E-state index contributed by atoms with van der Waals surface area (Å²) in [4.78, 5) is 1.82. The highest BCUT2D eigenvalue weighted by atomic mass is 19.3. The second-order valence-corrected chi connectivity index (χ2v) is 5.60. The van der Waals surface area contributed by atoms with Crippen molar-refractivity contribution in [2.75, 3.05) is 26.2 Å². The minimum Gasteiger partial charge on any atom is -0.377 e. The van der Waals surface area contributed by atoms with E-state index in [1.54, 1.807) is 0 Å². The maximum atomic E-state index is 13.9. The quantitative estimate of drug-likeness (QED) is 0.742. The molecule has 0 bridgehead atoms. The van der Waals surface area contributed by atoms with E-state index in [1.807, 2.05) is 32.6 Å². The molecule has 0 spiro atoms. The van der Waals surface area contributed by atoms with E-state index in [2.05, 4.69) is 0 Å². The molecule has 1 saturated heterocycles. The van der Waals surface area contributed by atoms with Crippen LogP contribution in [-0.2, 0) is 4.74 Å². The Kier molecular flexibility index (Phi) is 5.32. The molecule has 1 heterocycles. The van der Waals surface area contributed by atoms with Crippen LogP contribution in [0.5, 0.6) is 0 Å². The molecule has 0 aliphatic carbocycles. The second-order valence-electron chi connectivity index (χ2n) is 5.60. The van der Waals surface area contributed by atoms with Gasteiger partial charge in [-0.1, -0.05) is 13.8 Å². The van der Waals surface area contributed by atoms with E-state index in [0.717, 1.165) is 6.54 Å². The van der Waals surface area contributed by atoms with E-state index < -0.39 is 11.8 Å². The van der Waals surface area contributed by atoms with Crippen LogP contribution in [0.4, 0.5) is 8.78 Å². The summed E-state index contributed by atoms with van der Waals surface area (Å²) in [5.74, 6) is -2.96. The van der Waals surface area contributed by atoms with Crippen LogP contribution in [0.2, 0.25) is 0 Å². The van der Waals surface area contributed by atoms with E-state index in [9.17, 15) is 8.78 Å². The van der Waals surface area contributed by atoms with Crippen LogP contribution in [-0.4, -0.2) is 43.2 Å². The summed E-state index contributed by atoms with van der Waals surface area (Å²) in [6.07, 6.45) is 0.760. The summed E-state index contributed by atoms with van der Waals surface area (Å²) in [6.45, 7) is 9.49. The largest absolute Gasteiger partial charge is 0.377 e. The van der Waals surface area contributed by atoms with E-state index in [0.29, 0.717) is 19.6 Å². The fourth-order valence-corrected chi connectivity index (χ4v) is 2.46. The van der Waals surface area contributed by atoms with Gasteiger partial charge >= 0.3 is 0 Å². The first kappa shape index (κ1) is 14.8. The predicted octanol–water partition coefficient (Wildman–Crippen LogP) is 3.02. The number of hydrogen-bond acceptors (Lipinski definition) is 2. The van der Waals surface area contributed by atoms with E-state index in [-0.39, 0.29) is 18.6 Å². The number of piperidine rings is 1. The molecule has 102 valence electrons. The molecule has 0 saturated carbocycles. The minimum atomic E-state index is -2.55. The number of ether oxygens (including phenoxy) is 1. The number of nitrogens with zero attached hydrogens (tertiary/aromatic N) is 1. The summed E-state index contributed by atoms with van der Waals surface area (Å²) in [5.41, 5.74) is 0. The molecule has 1 unspecified atom stereocenters. The van der Waals surface area contributed by atoms with Crippen molar-refractivity contribution in [3.05, 3.63) is 0 Å². The number of halogens is 2. The van der Waals surface area contributed by atoms with Gasteiger partial charge in [-0.25, -0.2) is 8.78 Å². The van der Waals surface area contributed by atoms with Crippen LogP contribution in [0.15, 0.2) is 0 Å². The average molecular weight is 249 g/mol. The lowest BCUT2D eigenvalue weighted by atomic mass is 9.83. The van der Waals surface area contributed by atoms with E-state index >= 15 is 0 Å². The first-order valence-corrected chi connectivity index (χ1v) is 6.54. The molecule has 0 N–H and O–H groups in total. The second kappa shape index (κ2) is 6.10. The highest BCUT2D eigenvalue weighted by Crippen LogP contribution is 2.37. The van der Waals surface area contributed by atoms with Crippen LogP contribution in [0.3, 0.4) is 0 Å². The molecular formula is C13H25F2NO. The average Bonchev–Trinajstić information content (AvgIpc) is 2.14. The molecule has 0 amide bonds. The van der Waals surface area contributed by atoms with Gasteiger partial charge in [0.1, 0.15) is 0 Å². The van der Waals surface area contributed by atoms with Crippen molar-refractivity contribution in [2.24, 2.45) is 11.8 Å². The summed E-state index contributed by atoms with van der Waals surface area (Å²) in [6, 6.07) is 0. The van der Waals surface area contributed by atoms with E-state index in [4.69, 9.17) is 4.74 Å². The van der Waals surface area contributed by atoms with Crippen LogP contribution < -0.4 is 0 Å². The number of likely N-dealkylation sites (tertiary alicyclic amines) is 1. The van der Waals surface area contributed by atoms with Gasteiger partial charge < -0.3 is 4.74 Å². The Labute approximate surface area is 103 Å². The van der Waals surface area contributed by atoms with Crippen LogP contribution in [0, 0.1) is 11.8 Å². The third-order valence-electron chi connectivity index (χ3n) is 3.40. The van der Waals surface area contributed by atoms with Gasteiger partial charge in [-0.2, -0.15) is 0 Å². The van der Waals surface area contributed by atoms with Crippen LogP contribution >= 0.6 is 0 Å². The lowest BCUT2D eigenvalue weighted by molar-refractivity contribution is -0.128. The molecule has 0 radical (unpaired) electrons. The molecule has 0 aromatic carbocycles. The molecule has 4 heteroatoms. The highest BCUT2D eigenvalue weighted by Gasteiger charge is 2.45. The van der Waals surface area contributed by atoms with Crippen LogP contribution in [0.25, 0.3) is 0 Å². The summed E-state index contributed by atoms with van der Waals surface area (Å²) in [5, 5.41) is 0. The monoisotopic (exact) mass is 249 g/mol. The first-order chi connectivity index (χ1) is 7.83. The molecule has 17 heavy (non-hydrogen) atoms. The van der Waals surface area contributed by atoms with Crippen LogP contribution in [0.1, 0.15) is 34.1 Å². The fourth-order valence-electron chi connectivity index (χ4n) is 2.46. The summed E-state index contributed by atoms with van der Waals surface area (Å²) in [7, 11) is 0. The molecule has 2 nitrogen and oxygen atoms in total. The van der Waals surface area contributed by atoms with Crippen molar-refractivity contribution in [2.45, 2.75) is 46.1 Å². The third-order valence-corrected chi connectivity index (χ3v) is 3.40. The highest BCUT2D eigenvalue weighted by molar-refractivity contribution is 4.88. The van der Waals surface area contributed by atoms with Gasteiger partial charge in [0.15, 0.2) is 0 Å². The van der Waals surface area contributed by atoms with Gasteiger partial charge in [-0.3, -0.25) is 4.90 Å². The molecule has 1 atom stereocenters. The Morgan fingerprint density at radius 3 is 2.41 bits per heavy atom. The van der Waals surface area contributed by atoms with Crippen molar-refractivity contribution in [1.29, 1.82) is 0 Å². The lowest BCUT2D eigenvalue weighted by Gasteiger charge is -2.40. The smallest absolute Gasteiger partial charge is 0.263 e. The molecule has 0 aromatic rings. The molecule has 1 fully saturated rings. The zero-order valence-electron chi connectivity index (χ0n) is 11.4. The normalized spacial score (nSPS) is 25.8. The topological polar surface area (TPSA) is 12.5 Å². The standard InChI is InChI=1S/C13H25F2NO/c1-10(2)12-5-6-16(9-13(12,14)15)7-8-17-11(3)4/h10-12H,5-9H2,1-4H3. The summed E-state index contributed by atoms with van der Waals surface area (Å²) < 4.78 is 33.1. The summed E-state index contributed by atoms with van der Waals surface area (Å²) >= 11 is 0. The maximum absolute atomic E-state index is 13.9. The third kappa shape index (κ3) is 4.51.